The van der Waals surface area contributed by atoms with Gasteiger partial charge >= 0.3 is 0 Å². The SMILES string of the molecule is C1CCc2c(sc3nc(C4CC4)nc(NOCC4CCOC4)c23)C1. The molecule has 1 atom stereocenters. The standard InChI is InChI=1S/C18H23N3O2S/c1-2-4-14-13(3-1)15-17(21-23-10-11-7-8-22-9-11)19-16(12-5-6-12)20-18(15)24-14/h11-12H,1-10H2,(H,19,20,21). The molecule has 2 aromatic heterocycles. The topological polar surface area (TPSA) is 56.3 Å². The number of aryl methyl sites for hydroxylation is 2. The number of nitrogens with zero attached hydrogens (tertiary/aromatic N) is 2. The third-order valence-corrected chi connectivity index (χ3v) is 6.47. The van der Waals surface area contributed by atoms with Crippen LogP contribution in [0.4, 0.5) is 5.82 Å². The van der Waals surface area contributed by atoms with Crippen LogP contribution in [0, 0.1) is 5.92 Å². The van der Waals surface area contributed by atoms with Gasteiger partial charge in [-0.05, 0) is 50.5 Å². The van der Waals surface area contributed by atoms with Gasteiger partial charge in [0.05, 0.1) is 18.6 Å². The smallest absolute Gasteiger partial charge is 0.162 e. The third kappa shape index (κ3) is 2.80. The van der Waals surface area contributed by atoms with Crippen molar-refractivity contribution in [2.75, 3.05) is 25.3 Å². The van der Waals surface area contributed by atoms with Crippen LogP contribution in [0.2, 0.25) is 0 Å². The van der Waals surface area contributed by atoms with E-state index in [4.69, 9.17) is 19.5 Å². The van der Waals surface area contributed by atoms with Crippen LogP contribution in [-0.4, -0.2) is 29.8 Å². The number of fused-ring (bicyclic) bond motifs is 3. The maximum atomic E-state index is 5.81. The summed E-state index contributed by atoms with van der Waals surface area (Å²) in [6, 6.07) is 0. The van der Waals surface area contributed by atoms with Gasteiger partial charge in [0.1, 0.15) is 10.7 Å². The van der Waals surface area contributed by atoms with Gasteiger partial charge in [-0.3, -0.25) is 4.84 Å². The minimum Gasteiger partial charge on any atom is -0.381 e. The molecule has 0 aromatic carbocycles. The van der Waals surface area contributed by atoms with Crippen LogP contribution in [0.3, 0.4) is 0 Å². The second kappa shape index (κ2) is 6.24. The number of anilines is 1. The first-order valence-corrected chi connectivity index (χ1v) is 9.98. The van der Waals surface area contributed by atoms with Crippen LogP contribution < -0.4 is 5.48 Å². The molecule has 1 saturated heterocycles. The molecule has 0 spiro atoms. The average Bonchev–Trinajstić information content (AvgIpc) is 3.19. The second-order valence-corrected chi connectivity index (χ2v) is 8.32. The molecular weight excluding hydrogens is 322 g/mol. The van der Waals surface area contributed by atoms with E-state index in [1.54, 1.807) is 0 Å². The fourth-order valence-corrected chi connectivity index (χ4v) is 4.98. The molecule has 1 saturated carbocycles. The zero-order valence-electron chi connectivity index (χ0n) is 13.8. The molecule has 5 rings (SSSR count). The van der Waals surface area contributed by atoms with Crippen LogP contribution in [-0.2, 0) is 22.4 Å². The van der Waals surface area contributed by atoms with Gasteiger partial charge < -0.3 is 4.74 Å². The van der Waals surface area contributed by atoms with Crippen molar-refractivity contribution >= 4 is 27.4 Å². The van der Waals surface area contributed by atoms with E-state index in [1.165, 1.54) is 47.9 Å². The molecule has 3 aliphatic rings. The predicted molar refractivity (Wildman–Crippen MR) is 94.5 cm³/mol. The van der Waals surface area contributed by atoms with Crippen molar-refractivity contribution in [3.05, 3.63) is 16.3 Å². The highest BCUT2D eigenvalue weighted by Crippen LogP contribution is 2.43. The maximum Gasteiger partial charge on any atom is 0.162 e. The zero-order chi connectivity index (χ0) is 15.9. The number of thiophene rings is 1. The fraction of sp³-hybridized carbons (Fsp3) is 0.667. The normalized spacial score (nSPS) is 23.6. The van der Waals surface area contributed by atoms with Gasteiger partial charge in [-0.2, -0.15) is 0 Å². The van der Waals surface area contributed by atoms with Crippen molar-refractivity contribution in [2.45, 2.75) is 50.9 Å². The second-order valence-electron chi connectivity index (χ2n) is 7.24. The van der Waals surface area contributed by atoms with Gasteiger partial charge in [-0.1, -0.05) is 0 Å². The zero-order valence-corrected chi connectivity index (χ0v) is 14.7. The molecule has 1 unspecified atom stereocenters. The summed E-state index contributed by atoms with van der Waals surface area (Å²) in [7, 11) is 0. The van der Waals surface area contributed by atoms with Crippen LogP contribution in [0.15, 0.2) is 0 Å². The van der Waals surface area contributed by atoms with Gasteiger partial charge in [0.2, 0.25) is 0 Å². The Morgan fingerprint density at radius 2 is 2.08 bits per heavy atom. The van der Waals surface area contributed by atoms with Crippen molar-refractivity contribution in [1.29, 1.82) is 0 Å². The van der Waals surface area contributed by atoms with Crippen molar-refractivity contribution < 1.29 is 9.57 Å². The highest BCUT2D eigenvalue weighted by molar-refractivity contribution is 7.19. The van der Waals surface area contributed by atoms with Crippen molar-refractivity contribution in [2.24, 2.45) is 5.92 Å². The molecule has 0 radical (unpaired) electrons. The summed E-state index contributed by atoms with van der Waals surface area (Å²) >= 11 is 1.87. The number of ether oxygens (including phenoxy) is 1. The summed E-state index contributed by atoms with van der Waals surface area (Å²) in [5, 5.41) is 1.21. The molecule has 6 heteroatoms. The quantitative estimate of drug-likeness (QED) is 0.835. The molecule has 2 aromatic rings. The Kier molecular flexibility index (Phi) is 3.91. The molecule has 1 N–H and O–H groups in total. The highest BCUT2D eigenvalue weighted by Gasteiger charge is 2.29. The molecule has 24 heavy (non-hydrogen) atoms. The predicted octanol–water partition coefficient (Wildman–Crippen LogP) is 3.83. The summed E-state index contributed by atoms with van der Waals surface area (Å²) < 4.78 is 5.42. The number of aromatic nitrogens is 2. The van der Waals surface area contributed by atoms with Crippen LogP contribution in [0.1, 0.15) is 54.3 Å². The molecule has 0 bridgehead atoms. The molecule has 0 amide bonds. The summed E-state index contributed by atoms with van der Waals surface area (Å²) in [5.74, 6) is 2.93. The first-order chi connectivity index (χ1) is 11.9. The molecule has 128 valence electrons. The number of nitrogens with one attached hydrogen (secondary N) is 1. The summed E-state index contributed by atoms with van der Waals surface area (Å²) in [4.78, 5) is 18.2. The summed E-state index contributed by atoms with van der Waals surface area (Å²) in [5.41, 5.74) is 4.63. The summed E-state index contributed by atoms with van der Waals surface area (Å²) in [6.07, 6.45) is 8.42. The van der Waals surface area contributed by atoms with Crippen LogP contribution in [0.5, 0.6) is 0 Å². The number of rotatable bonds is 5. The van der Waals surface area contributed by atoms with E-state index in [2.05, 4.69) is 5.48 Å². The Labute approximate surface area is 145 Å². The molecule has 3 heterocycles. The fourth-order valence-electron chi connectivity index (χ4n) is 3.71. The van der Waals surface area contributed by atoms with Crippen LogP contribution >= 0.6 is 11.3 Å². The maximum absolute atomic E-state index is 5.81. The molecule has 2 fully saturated rings. The highest BCUT2D eigenvalue weighted by atomic mass is 32.1. The van der Waals surface area contributed by atoms with Gasteiger partial charge in [0.15, 0.2) is 5.82 Å². The van der Waals surface area contributed by atoms with Crippen molar-refractivity contribution in [3.8, 4) is 0 Å². The first-order valence-electron chi connectivity index (χ1n) is 9.16. The van der Waals surface area contributed by atoms with E-state index >= 15 is 0 Å². The Morgan fingerprint density at radius 1 is 1.17 bits per heavy atom. The van der Waals surface area contributed by atoms with Crippen LogP contribution in [0.25, 0.3) is 10.2 Å². The third-order valence-electron chi connectivity index (χ3n) is 5.29. The van der Waals surface area contributed by atoms with Gasteiger partial charge in [0, 0.05) is 23.3 Å². The minimum absolute atomic E-state index is 0.495. The lowest BCUT2D eigenvalue weighted by Crippen LogP contribution is -2.14. The Morgan fingerprint density at radius 3 is 2.92 bits per heavy atom. The Bertz CT molecular complexity index is 750. The van der Waals surface area contributed by atoms with E-state index in [0.29, 0.717) is 18.4 Å². The molecule has 5 nitrogen and oxygen atoms in total. The molecular formula is C18H23N3O2S. The van der Waals surface area contributed by atoms with Gasteiger partial charge in [-0.15, -0.1) is 11.3 Å². The van der Waals surface area contributed by atoms with E-state index in [-0.39, 0.29) is 0 Å². The molecule has 2 aliphatic carbocycles. The van der Waals surface area contributed by atoms with E-state index < -0.39 is 0 Å². The van der Waals surface area contributed by atoms with E-state index in [0.717, 1.165) is 42.5 Å². The number of hydrogen-bond acceptors (Lipinski definition) is 6. The first kappa shape index (κ1) is 15.0. The largest absolute Gasteiger partial charge is 0.381 e. The lowest BCUT2D eigenvalue weighted by atomic mass is 9.97. The molecule has 1 aliphatic heterocycles. The van der Waals surface area contributed by atoms with Gasteiger partial charge in [-0.25, -0.2) is 15.4 Å². The van der Waals surface area contributed by atoms with E-state index in [1.807, 2.05) is 11.3 Å². The van der Waals surface area contributed by atoms with E-state index in [9.17, 15) is 0 Å². The van der Waals surface area contributed by atoms with Crippen molar-refractivity contribution in [1.82, 2.24) is 9.97 Å². The Hall–Kier alpha value is -1.24. The lowest BCUT2D eigenvalue weighted by Gasteiger charge is -2.14. The Balaban J connectivity index is 1.45. The average molecular weight is 345 g/mol. The summed E-state index contributed by atoms with van der Waals surface area (Å²) in [6.45, 7) is 2.34. The number of hydrogen-bond donors (Lipinski definition) is 1. The van der Waals surface area contributed by atoms with Crippen molar-refractivity contribution in [3.63, 3.8) is 0 Å². The minimum atomic E-state index is 0.495. The lowest BCUT2D eigenvalue weighted by molar-refractivity contribution is 0.126. The monoisotopic (exact) mass is 345 g/mol. The van der Waals surface area contributed by atoms with Gasteiger partial charge in [0.25, 0.3) is 0 Å².